The number of nitrogens with one attached hydrogen (secondary N) is 2. The third-order valence-corrected chi connectivity index (χ3v) is 5.13. The van der Waals surface area contributed by atoms with Crippen molar-refractivity contribution in [2.24, 2.45) is 0 Å². The zero-order valence-corrected chi connectivity index (χ0v) is 17.3. The van der Waals surface area contributed by atoms with Gasteiger partial charge in [0.1, 0.15) is 11.5 Å². The Kier molecular flexibility index (Phi) is 5.67. The first-order valence-electron chi connectivity index (χ1n) is 9.94. The summed E-state index contributed by atoms with van der Waals surface area (Å²) >= 11 is 0. The molecule has 0 radical (unpaired) electrons. The van der Waals surface area contributed by atoms with E-state index >= 15 is 0 Å². The van der Waals surface area contributed by atoms with Crippen LogP contribution in [0.1, 0.15) is 27.2 Å². The van der Waals surface area contributed by atoms with E-state index in [1.807, 2.05) is 62.4 Å². The van der Waals surface area contributed by atoms with Crippen LogP contribution < -0.4 is 10.6 Å². The van der Waals surface area contributed by atoms with Crippen LogP contribution in [-0.4, -0.2) is 11.8 Å². The predicted octanol–water partition coefficient (Wildman–Crippen LogP) is 5.46. The number of rotatable bonds is 5. The molecule has 31 heavy (non-hydrogen) atoms. The summed E-state index contributed by atoms with van der Waals surface area (Å²) < 4.78 is 5.35. The van der Waals surface area contributed by atoms with Crippen molar-refractivity contribution in [2.75, 3.05) is 5.32 Å². The van der Waals surface area contributed by atoms with Gasteiger partial charge in [-0.05, 0) is 60.7 Å². The number of hydrogen-bond donors (Lipinski definition) is 2. The Bertz CT molecular complexity index is 1280. The highest BCUT2D eigenvalue weighted by Crippen LogP contribution is 2.23. The zero-order valence-electron chi connectivity index (χ0n) is 17.3. The van der Waals surface area contributed by atoms with Gasteiger partial charge in [0.2, 0.25) is 0 Å². The fraction of sp³-hybridized carbons (Fsp3) is 0.0769. The van der Waals surface area contributed by atoms with E-state index in [4.69, 9.17) is 4.42 Å². The predicted molar refractivity (Wildman–Crippen MR) is 123 cm³/mol. The second-order valence-electron chi connectivity index (χ2n) is 7.31. The number of hydrogen-bond acceptors (Lipinski definition) is 3. The van der Waals surface area contributed by atoms with Gasteiger partial charge in [-0.1, -0.05) is 42.5 Å². The number of benzene rings is 3. The topological polar surface area (TPSA) is 71.3 Å². The fourth-order valence-electron chi connectivity index (χ4n) is 3.28. The summed E-state index contributed by atoms with van der Waals surface area (Å²) in [5.41, 5.74) is 3.33. The highest BCUT2D eigenvalue weighted by molar-refractivity contribution is 6.13. The van der Waals surface area contributed by atoms with Crippen LogP contribution in [0.25, 0.3) is 16.8 Å². The van der Waals surface area contributed by atoms with Crippen LogP contribution >= 0.6 is 0 Å². The minimum atomic E-state index is -0.440. The van der Waals surface area contributed by atoms with E-state index in [1.54, 1.807) is 24.3 Å². The number of furan rings is 1. The molecular formula is C26H22N2O3. The van der Waals surface area contributed by atoms with Crippen LogP contribution in [-0.2, 0) is 4.79 Å². The maximum atomic E-state index is 13.1. The largest absolute Gasteiger partial charge is 0.465 e. The molecule has 0 unspecified atom stereocenters. The average Bonchev–Trinajstić information content (AvgIpc) is 3.28. The first kappa shape index (κ1) is 20.2. The standard InChI is InChI=1S/C26H22N2O3/c1-17-12-13-20(15-18(17)2)25(29)28-24(16-21-9-6-14-31-21)26(30)27-23-11-5-8-19-7-3-4-10-22(19)23/h3-16H,1-2H3,(H,27,30)(H,28,29)/b24-16-. The summed E-state index contributed by atoms with van der Waals surface area (Å²) in [5, 5.41) is 7.57. The Hall–Kier alpha value is -4.12. The van der Waals surface area contributed by atoms with Gasteiger partial charge >= 0.3 is 0 Å². The molecular weight excluding hydrogens is 388 g/mol. The van der Waals surface area contributed by atoms with Crippen LogP contribution in [0.2, 0.25) is 0 Å². The molecule has 2 N–H and O–H groups in total. The van der Waals surface area contributed by atoms with E-state index in [0.29, 0.717) is 17.0 Å². The minimum absolute atomic E-state index is 0.0890. The molecule has 4 rings (SSSR count). The van der Waals surface area contributed by atoms with Crippen molar-refractivity contribution in [3.05, 3.63) is 107 Å². The molecule has 0 saturated heterocycles. The maximum Gasteiger partial charge on any atom is 0.272 e. The molecule has 0 spiro atoms. The van der Waals surface area contributed by atoms with Crippen molar-refractivity contribution in [2.45, 2.75) is 13.8 Å². The van der Waals surface area contributed by atoms with Crippen LogP contribution in [0, 0.1) is 13.8 Å². The quantitative estimate of drug-likeness (QED) is 0.429. The van der Waals surface area contributed by atoms with Gasteiger partial charge in [-0.3, -0.25) is 9.59 Å². The summed E-state index contributed by atoms with van der Waals surface area (Å²) in [7, 11) is 0. The molecule has 0 saturated carbocycles. The lowest BCUT2D eigenvalue weighted by Crippen LogP contribution is -2.30. The number of anilines is 1. The zero-order chi connectivity index (χ0) is 21.8. The van der Waals surface area contributed by atoms with E-state index in [0.717, 1.165) is 21.9 Å². The summed E-state index contributed by atoms with van der Waals surface area (Å²) in [6.45, 7) is 3.93. The monoisotopic (exact) mass is 410 g/mol. The molecule has 4 aromatic rings. The lowest BCUT2D eigenvalue weighted by molar-refractivity contribution is -0.113. The van der Waals surface area contributed by atoms with Crippen molar-refractivity contribution >= 4 is 34.4 Å². The van der Waals surface area contributed by atoms with Crippen molar-refractivity contribution in [1.82, 2.24) is 5.32 Å². The number of carbonyl (C=O) groups excluding carboxylic acids is 2. The third-order valence-electron chi connectivity index (χ3n) is 5.13. The Labute approximate surface area is 180 Å². The molecule has 3 aromatic carbocycles. The number of aryl methyl sites for hydroxylation is 2. The summed E-state index contributed by atoms with van der Waals surface area (Å²) in [4.78, 5) is 26.0. The van der Waals surface area contributed by atoms with Crippen LogP contribution in [0.4, 0.5) is 5.69 Å². The number of carbonyl (C=O) groups is 2. The Morgan fingerprint density at radius 3 is 2.45 bits per heavy atom. The fourth-order valence-corrected chi connectivity index (χ4v) is 3.28. The van der Waals surface area contributed by atoms with Crippen LogP contribution in [0.15, 0.2) is 89.2 Å². The molecule has 0 bridgehead atoms. The van der Waals surface area contributed by atoms with Gasteiger partial charge in [-0.25, -0.2) is 0 Å². The van der Waals surface area contributed by atoms with Gasteiger partial charge in [-0.15, -0.1) is 0 Å². The van der Waals surface area contributed by atoms with Gasteiger partial charge in [0.15, 0.2) is 0 Å². The van der Waals surface area contributed by atoms with E-state index in [9.17, 15) is 9.59 Å². The second kappa shape index (κ2) is 8.71. The molecule has 0 fully saturated rings. The maximum absolute atomic E-state index is 13.1. The number of fused-ring (bicyclic) bond motifs is 1. The van der Waals surface area contributed by atoms with Crippen molar-refractivity contribution in [1.29, 1.82) is 0 Å². The van der Waals surface area contributed by atoms with E-state index in [2.05, 4.69) is 10.6 Å². The molecule has 1 heterocycles. The molecule has 1 aromatic heterocycles. The normalized spacial score (nSPS) is 11.4. The van der Waals surface area contributed by atoms with Crippen molar-refractivity contribution in [3.8, 4) is 0 Å². The minimum Gasteiger partial charge on any atom is -0.465 e. The Morgan fingerprint density at radius 1 is 0.871 bits per heavy atom. The van der Waals surface area contributed by atoms with Gasteiger partial charge < -0.3 is 15.1 Å². The molecule has 0 atom stereocenters. The summed E-state index contributed by atoms with van der Waals surface area (Å²) in [5.74, 6) is -0.345. The lowest BCUT2D eigenvalue weighted by atomic mass is 10.1. The molecule has 5 heteroatoms. The highest BCUT2D eigenvalue weighted by Gasteiger charge is 2.17. The molecule has 0 aliphatic rings. The molecule has 0 aliphatic carbocycles. The van der Waals surface area contributed by atoms with Crippen molar-refractivity contribution in [3.63, 3.8) is 0 Å². The Morgan fingerprint density at radius 2 is 1.68 bits per heavy atom. The summed E-state index contributed by atoms with van der Waals surface area (Å²) in [6.07, 6.45) is 3.02. The average molecular weight is 410 g/mol. The van der Waals surface area contributed by atoms with E-state index < -0.39 is 5.91 Å². The van der Waals surface area contributed by atoms with Crippen LogP contribution in [0.5, 0.6) is 0 Å². The van der Waals surface area contributed by atoms with Gasteiger partial charge in [0, 0.05) is 22.7 Å². The first-order valence-corrected chi connectivity index (χ1v) is 9.94. The number of amides is 2. The lowest BCUT2D eigenvalue weighted by Gasteiger charge is -2.13. The highest BCUT2D eigenvalue weighted by atomic mass is 16.3. The molecule has 154 valence electrons. The van der Waals surface area contributed by atoms with Crippen LogP contribution in [0.3, 0.4) is 0 Å². The van der Waals surface area contributed by atoms with Gasteiger partial charge in [0.05, 0.1) is 6.26 Å². The first-order chi connectivity index (χ1) is 15.0. The summed E-state index contributed by atoms with van der Waals surface area (Å²) in [6, 6.07) is 22.3. The van der Waals surface area contributed by atoms with Crippen molar-refractivity contribution < 1.29 is 14.0 Å². The SMILES string of the molecule is Cc1ccc(C(=O)N/C(=C\c2ccco2)C(=O)Nc2cccc3ccccc23)cc1C. The molecule has 0 aliphatic heterocycles. The Balaban J connectivity index is 1.64. The van der Waals surface area contributed by atoms with E-state index in [-0.39, 0.29) is 11.6 Å². The third kappa shape index (κ3) is 4.56. The van der Waals surface area contributed by atoms with Gasteiger partial charge in [-0.2, -0.15) is 0 Å². The smallest absolute Gasteiger partial charge is 0.272 e. The second-order valence-corrected chi connectivity index (χ2v) is 7.31. The van der Waals surface area contributed by atoms with E-state index in [1.165, 1.54) is 12.3 Å². The van der Waals surface area contributed by atoms with Gasteiger partial charge in [0.25, 0.3) is 11.8 Å². The molecule has 5 nitrogen and oxygen atoms in total. The molecule has 2 amide bonds.